The van der Waals surface area contributed by atoms with Crippen molar-refractivity contribution in [1.82, 2.24) is 4.48 Å². The molecular weight excluding hydrogens is 204 g/mol. The van der Waals surface area contributed by atoms with Crippen molar-refractivity contribution in [3.8, 4) is 6.07 Å². The summed E-state index contributed by atoms with van der Waals surface area (Å²) in [7, 11) is 7.29. The molecule has 1 aromatic carbocycles. The number of benzene rings is 1. The SMILES string of the molecule is COC(=O)c1ccc([N+](C)(C)C)cc1C#N. The molecule has 4 heteroatoms. The fourth-order valence-electron chi connectivity index (χ4n) is 1.33. The van der Waals surface area contributed by atoms with Gasteiger partial charge in [-0.25, -0.2) is 4.79 Å². The average molecular weight is 219 g/mol. The minimum atomic E-state index is -0.482. The Morgan fingerprint density at radius 3 is 2.44 bits per heavy atom. The van der Waals surface area contributed by atoms with Crippen molar-refractivity contribution in [2.45, 2.75) is 0 Å². The zero-order valence-electron chi connectivity index (χ0n) is 9.94. The molecule has 0 saturated heterocycles. The van der Waals surface area contributed by atoms with Crippen LogP contribution in [0.25, 0.3) is 0 Å². The molecule has 0 N–H and O–H groups in total. The minimum Gasteiger partial charge on any atom is -0.465 e. The van der Waals surface area contributed by atoms with Crippen molar-refractivity contribution in [3.05, 3.63) is 29.3 Å². The van der Waals surface area contributed by atoms with Crippen molar-refractivity contribution >= 4 is 11.7 Å². The second-order valence-corrected chi connectivity index (χ2v) is 4.35. The Morgan fingerprint density at radius 2 is 2.00 bits per heavy atom. The average Bonchev–Trinajstić information content (AvgIpc) is 2.26. The zero-order valence-corrected chi connectivity index (χ0v) is 9.94. The Labute approximate surface area is 95.3 Å². The summed E-state index contributed by atoms with van der Waals surface area (Å²) in [5, 5.41) is 8.99. The number of nitriles is 1. The molecule has 0 saturated carbocycles. The number of rotatable bonds is 2. The molecule has 0 atom stereocenters. The van der Waals surface area contributed by atoms with Crippen LogP contribution in [0.2, 0.25) is 0 Å². The highest BCUT2D eigenvalue weighted by molar-refractivity contribution is 5.92. The maximum atomic E-state index is 11.4. The first-order valence-electron chi connectivity index (χ1n) is 4.84. The molecule has 0 unspecified atom stereocenters. The number of quaternary nitrogens is 1. The Hall–Kier alpha value is -1.86. The highest BCUT2D eigenvalue weighted by atomic mass is 16.5. The Morgan fingerprint density at radius 1 is 1.38 bits per heavy atom. The van der Waals surface area contributed by atoms with Crippen molar-refractivity contribution in [2.24, 2.45) is 0 Å². The molecule has 4 nitrogen and oxygen atoms in total. The largest absolute Gasteiger partial charge is 0.465 e. The fourth-order valence-corrected chi connectivity index (χ4v) is 1.33. The summed E-state index contributed by atoms with van der Waals surface area (Å²) in [4.78, 5) is 11.4. The van der Waals surface area contributed by atoms with E-state index in [1.807, 2.05) is 33.3 Å². The number of methoxy groups -OCH3 is 1. The van der Waals surface area contributed by atoms with Crippen molar-refractivity contribution in [1.29, 1.82) is 5.26 Å². The molecule has 0 aliphatic rings. The van der Waals surface area contributed by atoms with Gasteiger partial charge in [-0.15, -0.1) is 0 Å². The molecule has 0 fully saturated rings. The van der Waals surface area contributed by atoms with Gasteiger partial charge in [0.05, 0.1) is 39.4 Å². The van der Waals surface area contributed by atoms with Crippen molar-refractivity contribution in [2.75, 3.05) is 28.3 Å². The Bertz CT molecular complexity index is 453. The molecule has 0 bridgehead atoms. The second-order valence-electron chi connectivity index (χ2n) is 4.35. The minimum absolute atomic E-state index is 0.308. The lowest BCUT2D eigenvalue weighted by Crippen LogP contribution is -2.34. The van der Waals surface area contributed by atoms with Crippen LogP contribution in [0, 0.1) is 11.3 Å². The third-order valence-electron chi connectivity index (χ3n) is 2.30. The van der Waals surface area contributed by atoms with Crippen molar-refractivity contribution in [3.63, 3.8) is 0 Å². The number of hydrogen-bond donors (Lipinski definition) is 0. The number of nitrogens with zero attached hydrogens (tertiary/aromatic N) is 2. The Kier molecular flexibility index (Phi) is 3.31. The maximum absolute atomic E-state index is 11.4. The summed E-state index contributed by atoms with van der Waals surface area (Å²) in [5.74, 6) is -0.482. The topological polar surface area (TPSA) is 50.1 Å². The van der Waals surface area contributed by atoms with E-state index in [9.17, 15) is 4.79 Å². The smallest absolute Gasteiger partial charge is 0.339 e. The van der Waals surface area contributed by atoms with Gasteiger partial charge in [0.2, 0.25) is 0 Å². The molecule has 0 radical (unpaired) electrons. The number of carbonyl (C=O) groups is 1. The monoisotopic (exact) mass is 219 g/mol. The van der Waals surface area contributed by atoms with E-state index in [0.717, 1.165) is 5.69 Å². The summed E-state index contributed by atoms with van der Waals surface area (Å²) >= 11 is 0. The molecule has 1 aromatic rings. The van der Waals surface area contributed by atoms with Gasteiger partial charge in [-0.1, -0.05) is 0 Å². The standard InChI is InChI=1S/C12H15N2O2/c1-14(2,3)10-5-6-11(12(15)16-4)9(7-10)8-13/h5-7H,1-4H3/q+1. The van der Waals surface area contributed by atoms with E-state index >= 15 is 0 Å². The van der Waals surface area contributed by atoms with E-state index in [1.165, 1.54) is 7.11 Å². The number of ether oxygens (including phenoxy) is 1. The van der Waals surface area contributed by atoms with E-state index in [4.69, 9.17) is 5.26 Å². The predicted molar refractivity (Wildman–Crippen MR) is 62.1 cm³/mol. The van der Waals surface area contributed by atoms with E-state index in [-0.39, 0.29) is 0 Å². The maximum Gasteiger partial charge on any atom is 0.339 e. The van der Waals surface area contributed by atoms with Crippen LogP contribution in [-0.4, -0.2) is 34.2 Å². The summed E-state index contributed by atoms with van der Waals surface area (Å²) in [6.45, 7) is 0. The zero-order chi connectivity index (χ0) is 12.3. The first kappa shape index (κ1) is 12.2. The van der Waals surface area contributed by atoms with Crippen LogP contribution < -0.4 is 4.48 Å². The van der Waals surface area contributed by atoms with Gasteiger partial charge in [0, 0.05) is 12.1 Å². The summed E-state index contributed by atoms with van der Waals surface area (Å²) in [6.07, 6.45) is 0. The number of hydrogen-bond acceptors (Lipinski definition) is 3. The van der Waals surface area contributed by atoms with Gasteiger partial charge in [-0.2, -0.15) is 5.26 Å². The van der Waals surface area contributed by atoms with Crippen LogP contribution in [0.1, 0.15) is 15.9 Å². The summed E-state index contributed by atoms with van der Waals surface area (Å²) in [6, 6.07) is 7.18. The molecule has 16 heavy (non-hydrogen) atoms. The molecule has 0 heterocycles. The van der Waals surface area contributed by atoms with Crippen LogP contribution in [-0.2, 0) is 4.74 Å². The van der Waals surface area contributed by atoms with Crippen LogP contribution in [0.4, 0.5) is 5.69 Å². The molecule has 0 aliphatic heterocycles. The van der Waals surface area contributed by atoms with Gasteiger partial charge < -0.3 is 4.74 Å². The third-order valence-corrected chi connectivity index (χ3v) is 2.30. The van der Waals surface area contributed by atoms with Gasteiger partial charge in [0.25, 0.3) is 0 Å². The fraction of sp³-hybridized carbons (Fsp3) is 0.333. The molecule has 84 valence electrons. The lowest BCUT2D eigenvalue weighted by molar-refractivity contribution is 0.0600. The van der Waals surface area contributed by atoms with Crippen molar-refractivity contribution < 1.29 is 9.53 Å². The Balaban J connectivity index is 3.29. The summed E-state index contributed by atoms with van der Waals surface area (Å²) < 4.78 is 5.20. The van der Waals surface area contributed by atoms with Crippen LogP contribution in [0.3, 0.4) is 0 Å². The van der Waals surface area contributed by atoms with Gasteiger partial charge >= 0.3 is 5.97 Å². The van der Waals surface area contributed by atoms with Gasteiger partial charge in [0.1, 0.15) is 11.8 Å². The van der Waals surface area contributed by atoms with Gasteiger partial charge in [0.15, 0.2) is 0 Å². The second kappa shape index (κ2) is 4.33. The van der Waals surface area contributed by atoms with Gasteiger partial charge in [-0.05, 0) is 6.07 Å². The molecule has 0 amide bonds. The normalized spacial score (nSPS) is 10.7. The molecule has 0 aromatic heterocycles. The predicted octanol–water partition coefficient (Wildman–Crippen LogP) is 1.54. The van der Waals surface area contributed by atoms with Crippen LogP contribution >= 0.6 is 0 Å². The molecule has 0 aliphatic carbocycles. The lowest BCUT2D eigenvalue weighted by atomic mass is 10.1. The first-order chi connectivity index (χ1) is 7.40. The van der Waals surface area contributed by atoms with E-state index < -0.39 is 5.97 Å². The van der Waals surface area contributed by atoms with E-state index in [2.05, 4.69) is 4.74 Å². The molecule has 0 spiro atoms. The third kappa shape index (κ3) is 2.38. The van der Waals surface area contributed by atoms with E-state index in [0.29, 0.717) is 15.6 Å². The number of esters is 1. The first-order valence-corrected chi connectivity index (χ1v) is 4.84. The number of carbonyl (C=O) groups excluding carboxylic acids is 1. The quantitative estimate of drug-likeness (QED) is 0.560. The molecule has 1 rings (SSSR count). The van der Waals surface area contributed by atoms with Crippen LogP contribution in [0.15, 0.2) is 18.2 Å². The van der Waals surface area contributed by atoms with E-state index in [1.54, 1.807) is 12.1 Å². The summed E-state index contributed by atoms with van der Waals surface area (Å²) in [5.41, 5.74) is 1.61. The highest BCUT2D eigenvalue weighted by Gasteiger charge is 2.18. The molecular formula is C12H15N2O2+. The van der Waals surface area contributed by atoms with Crippen LogP contribution in [0.5, 0.6) is 0 Å². The highest BCUT2D eigenvalue weighted by Crippen LogP contribution is 2.21. The lowest BCUT2D eigenvalue weighted by Gasteiger charge is -2.23. The van der Waals surface area contributed by atoms with Gasteiger partial charge in [-0.3, -0.25) is 4.48 Å².